The third-order valence-corrected chi connectivity index (χ3v) is 5.44. The van der Waals surface area contributed by atoms with Crippen molar-refractivity contribution in [3.8, 4) is 17.3 Å². The van der Waals surface area contributed by atoms with Gasteiger partial charge in [0.2, 0.25) is 5.89 Å². The topological polar surface area (TPSA) is 81.8 Å². The molecule has 32 heavy (non-hydrogen) atoms. The lowest BCUT2D eigenvalue weighted by Crippen LogP contribution is -1.99. The fourth-order valence-electron chi connectivity index (χ4n) is 3.72. The van der Waals surface area contributed by atoms with Crippen molar-refractivity contribution < 1.29 is 9.15 Å². The molecule has 7 nitrogen and oxygen atoms in total. The Balaban J connectivity index is 1.12. The van der Waals surface area contributed by atoms with Gasteiger partial charge in [-0.1, -0.05) is 29.5 Å². The summed E-state index contributed by atoms with van der Waals surface area (Å²) in [5.41, 5.74) is 5.21. The van der Waals surface area contributed by atoms with E-state index in [0.717, 1.165) is 53.8 Å². The number of aromatic nitrogens is 5. The second-order valence-corrected chi connectivity index (χ2v) is 7.97. The lowest BCUT2D eigenvalue weighted by Gasteiger charge is -2.06. The van der Waals surface area contributed by atoms with Crippen LogP contribution in [0.15, 0.2) is 71.6 Å². The Kier molecular flexibility index (Phi) is 5.70. The molecule has 1 N–H and O–H groups in total. The molecular weight excluding hydrogens is 402 g/mol. The third-order valence-electron chi connectivity index (χ3n) is 5.44. The van der Waals surface area contributed by atoms with Gasteiger partial charge in [-0.3, -0.25) is 4.68 Å². The minimum atomic E-state index is 0.361. The SMILES string of the molecule is Cc1ccc2cc(-c3nc(COc4ccc(CCCCn5ccnn5)cc4)co3)[nH]c2c1. The summed E-state index contributed by atoms with van der Waals surface area (Å²) in [5.74, 6) is 1.39. The van der Waals surface area contributed by atoms with Crippen molar-refractivity contribution in [1.82, 2.24) is 25.0 Å². The van der Waals surface area contributed by atoms with Crippen molar-refractivity contribution in [2.75, 3.05) is 0 Å². The molecule has 0 saturated heterocycles. The van der Waals surface area contributed by atoms with E-state index in [1.54, 1.807) is 12.5 Å². The lowest BCUT2D eigenvalue weighted by atomic mass is 10.1. The van der Waals surface area contributed by atoms with E-state index in [-0.39, 0.29) is 0 Å². The Morgan fingerprint density at radius 1 is 1.06 bits per heavy atom. The van der Waals surface area contributed by atoms with Crippen LogP contribution >= 0.6 is 0 Å². The van der Waals surface area contributed by atoms with E-state index in [1.165, 1.54) is 11.1 Å². The van der Waals surface area contributed by atoms with Gasteiger partial charge in [-0.2, -0.15) is 0 Å². The molecule has 0 aliphatic rings. The Morgan fingerprint density at radius 2 is 1.97 bits per heavy atom. The number of nitrogens with one attached hydrogen (secondary N) is 1. The van der Waals surface area contributed by atoms with Crippen LogP contribution in [0.5, 0.6) is 5.75 Å². The lowest BCUT2D eigenvalue weighted by molar-refractivity contribution is 0.301. The van der Waals surface area contributed by atoms with Crippen LogP contribution in [0.1, 0.15) is 29.7 Å². The zero-order chi connectivity index (χ0) is 21.8. The van der Waals surface area contributed by atoms with Crippen LogP contribution in [0, 0.1) is 6.92 Å². The van der Waals surface area contributed by atoms with Crippen LogP contribution in [0.3, 0.4) is 0 Å². The number of aryl methyl sites for hydroxylation is 3. The molecule has 0 atom stereocenters. The summed E-state index contributed by atoms with van der Waals surface area (Å²) in [6.07, 6.45) is 8.47. The van der Waals surface area contributed by atoms with E-state index in [9.17, 15) is 0 Å². The molecule has 0 radical (unpaired) electrons. The summed E-state index contributed by atoms with van der Waals surface area (Å²) in [4.78, 5) is 7.94. The number of unbranched alkanes of at least 4 members (excludes halogenated alkanes) is 1. The highest BCUT2D eigenvalue weighted by molar-refractivity contribution is 5.85. The van der Waals surface area contributed by atoms with Gasteiger partial charge < -0.3 is 14.1 Å². The van der Waals surface area contributed by atoms with Crippen molar-refractivity contribution in [2.45, 2.75) is 39.3 Å². The highest BCUT2D eigenvalue weighted by Gasteiger charge is 2.10. The number of benzene rings is 2. The van der Waals surface area contributed by atoms with Gasteiger partial charge in [-0.25, -0.2) is 4.98 Å². The van der Waals surface area contributed by atoms with Crippen molar-refractivity contribution in [2.24, 2.45) is 0 Å². The quantitative estimate of drug-likeness (QED) is 0.322. The first-order valence-corrected chi connectivity index (χ1v) is 10.8. The summed E-state index contributed by atoms with van der Waals surface area (Å²) in [6, 6.07) is 16.6. The van der Waals surface area contributed by atoms with Crippen molar-refractivity contribution in [3.63, 3.8) is 0 Å². The Bertz CT molecular complexity index is 1290. The summed E-state index contributed by atoms with van der Waals surface area (Å²) in [7, 11) is 0. The number of fused-ring (bicyclic) bond motifs is 1. The van der Waals surface area contributed by atoms with Gasteiger partial charge in [0.05, 0.1) is 6.20 Å². The average molecular weight is 428 g/mol. The van der Waals surface area contributed by atoms with E-state index in [1.807, 2.05) is 23.0 Å². The van der Waals surface area contributed by atoms with Gasteiger partial charge in [0, 0.05) is 23.6 Å². The van der Waals surface area contributed by atoms with Gasteiger partial charge in [-0.05, 0) is 61.6 Å². The largest absolute Gasteiger partial charge is 0.487 e. The van der Waals surface area contributed by atoms with E-state index in [2.05, 4.69) is 63.6 Å². The van der Waals surface area contributed by atoms with Gasteiger partial charge in [-0.15, -0.1) is 5.10 Å². The number of hydrogen-bond acceptors (Lipinski definition) is 5. The van der Waals surface area contributed by atoms with Crippen LogP contribution < -0.4 is 4.74 Å². The van der Waals surface area contributed by atoms with E-state index < -0.39 is 0 Å². The molecule has 5 rings (SSSR count). The third kappa shape index (κ3) is 4.72. The molecule has 0 spiro atoms. The van der Waals surface area contributed by atoms with Gasteiger partial charge >= 0.3 is 0 Å². The monoisotopic (exact) mass is 427 g/mol. The standard InChI is InChI=1S/C25H25N5O2/c1-18-5-8-20-15-24(28-23(20)14-18)25-27-21(17-32-25)16-31-22-9-6-19(7-10-22)4-2-3-12-30-13-11-26-29-30/h5-11,13-15,17,28H,2-4,12,16H2,1H3. The molecule has 0 fully saturated rings. The van der Waals surface area contributed by atoms with Crippen molar-refractivity contribution in [3.05, 3.63) is 84.0 Å². The summed E-state index contributed by atoms with van der Waals surface area (Å²) in [6.45, 7) is 3.34. The predicted molar refractivity (Wildman–Crippen MR) is 122 cm³/mol. The first-order chi connectivity index (χ1) is 15.7. The number of oxazole rings is 1. The number of ether oxygens (including phenoxy) is 1. The molecule has 5 aromatic rings. The molecule has 0 aliphatic carbocycles. The summed E-state index contributed by atoms with van der Waals surface area (Å²) in [5, 5.41) is 8.95. The van der Waals surface area contributed by atoms with Gasteiger partial charge in [0.1, 0.15) is 30.0 Å². The molecule has 7 heteroatoms. The van der Waals surface area contributed by atoms with Crippen LogP contribution in [0.4, 0.5) is 0 Å². The molecule has 0 aliphatic heterocycles. The Hall–Kier alpha value is -3.87. The fraction of sp³-hybridized carbons (Fsp3) is 0.240. The predicted octanol–water partition coefficient (Wildman–Crippen LogP) is 5.32. The van der Waals surface area contributed by atoms with E-state index >= 15 is 0 Å². The molecule has 0 saturated carbocycles. The maximum Gasteiger partial charge on any atom is 0.243 e. The number of rotatable bonds is 9. The zero-order valence-corrected chi connectivity index (χ0v) is 18.0. The molecule has 0 bridgehead atoms. The first-order valence-electron chi connectivity index (χ1n) is 10.8. The summed E-state index contributed by atoms with van der Waals surface area (Å²) >= 11 is 0. The fourth-order valence-corrected chi connectivity index (χ4v) is 3.72. The average Bonchev–Trinajstić information content (AvgIpc) is 3.56. The highest BCUT2D eigenvalue weighted by Crippen LogP contribution is 2.25. The highest BCUT2D eigenvalue weighted by atomic mass is 16.5. The number of H-pyrrole nitrogens is 1. The molecule has 162 valence electrons. The molecule has 3 heterocycles. The molecular formula is C25H25N5O2. The Labute approximate surface area is 186 Å². The van der Waals surface area contributed by atoms with E-state index in [0.29, 0.717) is 12.5 Å². The van der Waals surface area contributed by atoms with Crippen molar-refractivity contribution in [1.29, 1.82) is 0 Å². The molecule has 3 aromatic heterocycles. The van der Waals surface area contributed by atoms with E-state index in [4.69, 9.17) is 9.15 Å². The van der Waals surface area contributed by atoms with Gasteiger partial charge in [0.25, 0.3) is 0 Å². The zero-order valence-electron chi connectivity index (χ0n) is 18.0. The maximum atomic E-state index is 5.89. The maximum absolute atomic E-state index is 5.89. The normalized spacial score (nSPS) is 11.3. The molecule has 2 aromatic carbocycles. The smallest absolute Gasteiger partial charge is 0.243 e. The first kappa shape index (κ1) is 20.1. The van der Waals surface area contributed by atoms with Crippen LogP contribution in [-0.2, 0) is 19.6 Å². The molecule has 0 unspecified atom stereocenters. The van der Waals surface area contributed by atoms with Crippen LogP contribution in [0.2, 0.25) is 0 Å². The van der Waals surface area contributed by atoms with Crippen LogP contribution in [0.25, 0.3) is 22.5 Å². The van der Waals surface area contributed by atoms with Crippen molar-refractivity contribution >= 4 is 10.9 Å². The summed E-state index contributed by atoms with van der Waals surface area (Å²) < 4.78 is 13.4. The number of hydrogen-bond donors (Lipinski definition) is 1. The molecule has 0 amide bonds. The Morgan fingerprint density at radius 3 is 2.81 bits per heavy atom. The minimum Gasteiger partial charge on any atom is -0.487 e. The second kappa shape index (κ2) is 9.09. The number of nitrogens with zero attached hydrogens (tertiary/aromatic N) is 4. The van der Waals surface area contributed by atoms with Gasteiger partial charge in [0.15, 0.2) is 0 Å². The second-order valence-electron chi connectivity index (χ2n) is 7.97. The number of aromatic amines is 1. The minimum absolute atomic E-state index is 0.361. The van der Waals surface area contributed by atoms with Crippen LogP contribution in [-0.4, -0.2) is 25.0 Å².